The molecule has 3 aromatic rings. The predicted octanol–water partition coefficient (Wildman–Crippen LogP) is 5.65. The highest BCUT2D eigenvalue weighted by Gasteiger charge is 2.19. The van der Waals surface area contributed by atoms with Gasteiger partial charge in [-0.15, -0.1) is 0 Å². The van der Waals surface area contributed by atoms with Crippen LogP contribution in [0.5, 0.6) is 5.75 Å². The third-order valence-electron chi connectivity index (χ3n) is 5.55. The Hall–Kier alpha value is -3.34. The molecule has 5 heteroatoms. The topological polar surface area (TPSA) is 74.2 Å². The van der Waals surface area contributed by atoms with Crippen LogP contribution < -0.4 is 10.6 Å². The third kappa shape index (κ3) is 4.98. The van der Waals surface area contributed by atoms with Crippen molar-refractivity contribution in [2.75, 3.05) is 10.6 Å². The molecular formula is C25H29N3O2. The highest BCUT2D eigenvalue weighted by molar-refractivity contribution is 6.05. The van der Waals surface area contributed by atoms with Crippen molar-refractivity contribution in [2.24, 2.45) is 0 Å². The Labute approximate surface area is 178 Å². The van der Waals surface area contributed by atoms with Crippen molar-refractivity contribution in [3.63, 3.8) is 0 Å². The Balaban J connectivity index is 1.75. The van der Waals surface area contributed by atoms with Gasteiger partial charge in [0.05, 0.1) is 5.69 Å². The fourth-order valence-electron chi connectivity index (χ4n) is 3.10. The molecule has 0 saturated heterocycles. The van der Waals surface area contributed by atoms with Crippen LogP contribution in [-0.4, -0.2) is 16.0 Å². The van der Waals surface area contributed by atoms with Crippen LogP contribution >= 0.6 is 0 Å². The molecular weight excluding hydrogens is 374 g/mol. The molecule has 0 radical (unpaired) electrons. The number of carbonyl (C=O) groups is 1. The van der Waals surface area contributed by atoms with Crippen molar-refractivity contribution >= 4 is 17.4 Å². The summed E-state index contributed by atoms with van der Waals surface area (Å²) in [6.45, 7) is 8.93. The highest BCUT2D eigenvalue weighted by atomic mass is 16.3. The van der Waals surface area contributed by atoms with Crippen LogP contribution in [0.1, 0.15) is 54.2 Å². The molecule has 0 aliphatic heterocycles. The zero-order valence-electron chi connectivity index (χ0n) is 18.0. The number of benzene rings is 2. The fourth-order valence-corrected chi connectivity index (χ4v) is 3.10. The summed E-state index contributed by atoms with van der Waals surface area (Å²) in [6, 6.07) is 16.7. The number of anilines is 2. The molecule has 1 aromatic heterocycles. The van der Waals surface area contributed by atoms with Crippen molar-refractivity contribution in [1.29, 1.82) is 0 Å². The molecule has 0 bridgehead atoms. The Kier molecular flexibility index (Phi) is 6.40. The number of rotatable bonds is 7. The predicted molar refractivity (Wildman–Crippen MR) is 122 cm³/mol. The number of nitrogens with zero attached hydrogens (tertiary/aromatic N) is 1. The van der Waals surface area contributed by atoms with E-state index in [1.54, 1.807) is 18.3 Å². The molecule has 0 aliphatic rings. The molecule has 0 atom stereocenters. The molecule has 3 rings (SSSR count). The standard InChI is InChI=1S/C25H29N3O2/c1-5-25(3,4)20-12-10-18(11-13-20)24(30)28-23-19(7-6-8-21(23)29)16-27-22-14-9-17(2)15-26-22/h6-15,29H,5,16H2,1-4H3,(H,26,27)(H,28,30). The Morgan fingerprint density at radius 1 is 1.07 bits per heavy atom. The minimum Gasteiger partial charge on any atom is -0.506 e. The number of amides is 1. The van der Waals surface area contributed by atoms with Crippen LogP contribution in [0.25, 0.3) is 0 Å². The zero-order chi connectivity index (χ0) is 21.7. The van der Waals surface area contributed by atoms with Crippen molar-refractivity contribution in [1.82, 2.24) is 4.98 Å². The lowest BCUT2D eigenvalue weighted by Crippen LogP contribution is -2.17. The number of nitrogens with one attached hydrogen (secondary N) is 2. The number of phenols is 1. The molecule has 2 aromatic carbocycles. The average Bonchev–Trinajstić information content (AvgIpc) is 2.75. The normalized spacial score (nSPS) is 11.2. The maximum absolute atomic E-state index is 12.8. The quantitative estimate of drug-likeness (QED) is 0.446. The first-order valence-electron chi connectivity index (χ1n) is 10.2. The van der Waals surface area contributed by atoms with E-state index >= 15 is 0 Å². The number of para-hydroxylation sites is 1. The second-order valence-electron chi connectivity index (χ2n) is 8.15. The number of hydrogen-bond donors (Lipinski definition) is 3. The lowest BCUT2D eigenvalue weighted by molar-refractivity contribution is 0.102. The largest absolute Gasteiger partial charge is 0.506 e. The molecule has 5 nitrogen and oxygen atoms in total. The molecule has 30 heavy (non-hydrogen) atoms. The second-order valence-corrected chi connectivity index (χ2v) is 8.15. The first kappa shape index (κ1) is 21.4. The lowest BCUT2D eigenvalue weighted by atomic mass is 9.82. The second kappa shape index (κ2) is 8.99. The van der Waals surface area contributed by atoms with Crippen molar-refractivity contribution in [2.45, 2.75) is 46.1 Å². The Bertz CT molecular complexity index is 1010. The Morgan fingerprint density at radius 3 is 2.43 bits per heavy atom. The van der Waals surface area contributed by atoms with Gasteiger partial charge in [-0.1, -0.05) is 51.1 Å². The third-order valence-corrected chi connectivity index (χ3v) is 5.55. The van der Waals surface area contributed by atoms with Crippen LogP contribution in [0.2, 0.25) is 0 Å². The van der Waals surface area contributed by atoms with Gasteiger partial charge in [0.25, 0.3) is 5.91 Å². The molecule has 3 N–H and O–H groups in total. The summed E-state index contributed by atoms with van der Waals surface area (Å²) < 4.78 is 0. The summed E-state index contributed by atoms with van der Waals surface area (Å²) in [7, 11) is 0. The number of pyridine rings is 1. The van der Waals surface area contributed by atoms with Gasteiger partial charge in [-0.05, 0) is 59.7 Å². The number of phenolic OH excluding ortho intramolecular Hbond substituents is 1. The van der Waals surface area contributed by atoms with Crippen LogP contribution in [-0.2, 0) is 12.0 Å². The van der Waals surface area contributed by atoms with Gasteiger partial charge in [0.2, 0.25) is 0 Å². The lowest BCUT2D eigenvalue weighted by Gasteiger charge is -2.23. The van der Waals surface area contributed by atoms with Gasteiger partial charge in [0.1, 0.15) is 11.6 Å². The molecule has 1 amide bonds. The fraction of sp³-hybridized carbons (Fsp3) is 0.280. The van der Waals surface area contributed by atoms with Gasteiger partial charge < -0.3 is 15.7 Å². The number of aromatic hydroxyl groups is 1. The molecule has 156 valence electrons. The number of hydrogen-bond acceptors (Lipinski definition) is 4. The monoisotopic (exact) mass is 403 g/mol. The smallest absolute Gasteiger partial charge is 0.255 e. The maximum atomic E-state index is 12.8. The number of aromatic nitrogens is 1. The highest BCUT2D eigenvalue weighted by Crippen LogP contribution is 2.29. The molecule has 1 heterocycles. The van der Waals surface area contributed by atoms with E-state index in [1.165, 1.54) is 5.56 Å². The molecule has 0 fully saturated rings. The van der Waals surface area contributed by atoms with E-state index in [1.807, 2.05) is 49.4 Å². The van der Waals surface area contributed by atoms with E-state index in [0.717, 1.165) is 23.4 Å². The van der Waals surface area contributed by atoms with Gasteiger partial charge in [0.15, 0.2) is 0 Å². The summed E-state index contributed by atoms with van der Waals surface area (Å²) in [5.41, 5.74) is 4.07. The minimum absolute atomic E-state index is 0.0308. The molecule has 0 unspecified atom stereocenters. The molecule has 0 aliphatic carbocycles. The van der Waals surface area contributed by atoms with Gasteiger partial charge >= 0.3 is 0 Å². The average molecular weight is 404 g/mol. The van der Waals surface area contributed by atoms with Crippen LogP contribution in [0.4, 0.5) is 11.5 Å². The van der Waals surface area contributed by atoms with Crippen molar-refractivity contribution in [3.05, 3.63) is 83.0 Å². The van der Waals surface area contributed by atoms with E-state index < -0.39 is 0 Å². The molecule has 0 saturated carbocycles. The summed E-state index contributed by atoms with van der Waals surface area (Å²) >= 11 is 0. The van der Waals surface area contributed by atoms with E-state index in [9.17, 15) is 9.90 Å². The number of carbonyl (C=O) groups excluding carboxylic acids is 1. The van der Waals surface area contributed by atoms with Crippen LogP contribution in [0, 0.1) is 6.92 Å². The summed E-state index contributed by atoms with van der Waals surface area (Å²) in [4.78, 5) is 17.1. The van der Waals surface area contributed by atoms with Crippen LogP contribution in [0.3, 0.4) is 0 Å². The van der Waals surface area contributed by atoms with Crippen molar-refractivity contribution in [3.8, 4) is 5.75 Å². The van der Waals surface area contributed by atoms with Gasteiger partial charge in [-0.2, -0.15) is 0 Å². The van der Waals surface area contributed by atoms with E-state index in [4.69, 9.17) is 0 Å². The Morgan fingerprint density at radius 2 is 1.80 bits per heavy atom. The van der Waals surface area contributed by atoms with Gasteiger partial charge in [-0.3, -0.25) is 4.79 Å². The number of aryl methyl sites for hydroxylation is 1. The first-order chi connectivity index (χ1) is 14.3. The van der Waals surface area contributed by atoms with Gasteiger partial charge in [-0.25, -0.2) is 4.98 Å². The molecule has 0 spiro atoms. The van der Waals surface area contributed by atoms with E-state index in [2.05, 4.69) is 36.4 Å². The van der Waals surface area contributed by atoms with Gasteiger partial charge in [0, 0.05) is 18.3 Å². The zero-order valence-corrected chi connectivity index (χ0v) is 18.0. The summed E-state index contributed by atoms with van der Waals surface area (Å²) in [5, 5.41) is 16.4. The minimum atomic E-state index is -0.257. The van der Waals surface area contributed by atoms with Crippen LogP contribution in [0.15, 0.2) is 60.8 Å². The van der Waals surface area contributed by atoms with Crippen molar-refractivity contribution < 1.29 is 9.90 Å². The summed E-state index contributed by atoms with van der Waals surface area (Å²) in [6.07, 6.45) is 2.81. The SMILES string of the molecule is CCC(C)(C)c1ccc(C(=O)Nc2c(O)cccc2CNc2ccc(C)cn2)cc1. The van der Waals surface area contributed by atoms with E-state index in [-0.39, 0.29) is 17.1 Å². The summed E-state index contributed by atoms with van der Waals surface area (Å²) in [5.74, 6) is 0.505. The maximum Gasteiger partial charge on any atom is 0.255 e. The van der Waals surface area contributed by atoms with E-state index in [0.29, 0.717) is 17.8 Å². The first-order valence-corrected chi connectivity index (χ1v) is 10.2.